The van der Waals surface area contributed by atoms with E-state index in [-0.39, 0.29) is 5.91 Å². The summed E-state index contributed by atoms with van der Waals surface area (Å²) in [6.07, 6.45) is 3.55. The molecular weight excluding hydrogens is 284 g/mol. The number of amides is 1. The number of rotatable bonds is 4. The maximum absolute atomic E-state index is 12.2. The molecule has 110 valence electrons. The first-order chi connectivity index (χ1) is 10.3. The number of halogens is 1. The van der Waals surface area contributed by atoms with Crippen LogP contribution in [0.2, 0.25) is 0 Å². The fourth-order valence-corrected chi connectivity index (χ4v) is 3.50. The average Bonchev–Trinajstić information content (AvgIpc) is 2.99. The van der Waals surface area contributed by atoms with Gasteiger partial charge in [0, 0.05) is 17.8 Å². The molecule has 2 unspecified atom stereocenters. The molecule has 1 heterocycles. The summed E-state index contributed by atoms with van der Waals surface area (Å²) in [5.41, 5.74) is 1.33. The van der Waals surface area contributed by atoms with Gasteiger partial charge in [-0.1, -0.05) is 30.7 Å². The van der Waals surface area contributed by atoms with Gasteiger partial charge in [-0.3, -0.25) is 4.79 Å². The lowest BCUT2D eigenvalue weighted by molar-refractivity contribution is 0.0940. The number of hydrogen-bond donors (Lipinski definition) is 1. The van der Waals surface area contributed by atoms with Gasteiger partial charge in [-0.2, -0.15) is 0 Å². The SMILES string of the molecule is O=C(NCC1CCCC1CCl)c1ccc2ccccc2n1. The van der Waals surface area contributed by atoms with Crippen LogP contribution < -0.4 is 5.32 Å². The first kappa shape index (κ1) is 14.3. The summed E-state index contributed by atoms with van der Waals surface area (Å²) >= 11 is 5.98. The summed E-state index contributed by atoms with van der Waals surface area (Å²) in [7, 11) is 0. The van der Waals surface area contributed by atoms with Gasteiger partial charge < -0.3 is 5.32 Å². The molecule has 1 aliphatic carbocycles. The molecule has 1 saturated carbocycles. The molecule has 2 atom stereocenters. The summed E-state index contributed by atoms with van der Waals surface area (Å²) in [5.74, 6) is 1.64. The van der Waals surface area contributed by atoms with E-state index in [0.29, 0.717) is 30.0 Å². The molecule has 1 aromatic heterocycles. The zero-order chi connectivity index (χ0) is 14.7. The van der Waals surface area contributed by atoms with E-state index in [4.69, 9.17) is 11.6 Å². The smallest absolute Gasteiger partial charge is 0.269 e. The van der Waals surface area contributed by atoms with E-state index in [9.17, 15) is 4.79 Å². The fourth-order valence-electron chi connectivity index (χ4n) is 3.09. The normalized spacial score (nSPS) is 21.6. The van der Waals surface area contributed by atoms with E-state index in [2.05, 4.69) is 10.3 Å². The second kappa shape index (κ2) is 6.44. The first-order valence-corrected chi connectivity index (χ1v) is 8.01. The van der Waals surface area contributed by atoms with Gasteiger partial charge in [-0.05, 0) is 36.8 Å². The van der Waals surface area contributed by atoms with Crippen molar-refractivity contribution >= 4 is 28.4 Å². The van der Waals surface area contributed by atoms with Crippen molar-refractivity contribution in [3.8, 4) is 0 Å². The maximum Gasteiger partial charge on any atom is 0.269 e. The van der Waals surface area contributed by atoms with Crippen LogP contribution in [0.4, 0.5) is 0 Å². The predicted molar refractivity (Wildman–Crippen MR) is 85.6 cm³/mol. The molecule has 21 heavy (non-hydrogen) atoms. The summed E-state index contributed by atoms with van der Waals surface area (Å²) in [6, 6.07) is 11.5. The molecule has 0 spiro atoms. The molecule has 1 N–H and O–H groups in total. The Balaban J connectivity index is 1.66. The van der Waals surface area contributed by atoms with Crippen molar-refractivity contribution in [3.05, 3.63) is 42.1 Å². The van der Waals surface area contributed by atoms with Crippen molar-refractivity contribution in [2.75, 3.05) is 12.4 Å². The highest BCUT2D eigenvalue weighted by molar-refractivity contribution is 6.18. The molecule has 0 bridgehead atoms. The summed E-state index contributed by atoms with van der Waals surface area (Å²) in [4.78, 5) is 16.7. The van der Waals surface area contributed by atoms with Crippen LogP contribution in [0.25, 0.3) is 10.9 Å². The highest BCUT2D eigenvalue weighted by Gasteiger charge is 2.26. The van der Waals surface area contributed by atoms with Crippen molar-refractivity contribution < 1.29 is 4.79 Å². The maximum atomic E-state index is 12.2. The number of alkyl halides is 1. The number of aromatic nitrogens is 1. The summed E-state index contributed by atoms with van der Waals surface area (Å²) < 4.78 is 0. The van der Waals surface area contributed by atoms with Crippen molar-refractivity contribution in [1.29, 1.82) is 0 Å². The second-order valence-corrected chi connectivity index (χ2v) is 6.01. The quantitative estimate of drug-likeness (QED) is 0.877. The monoisotopic (exact) mass is 302 g/mol. The lowest BCUT2D eigenvalue weighted by Crippen LogP contribution is -2.31. The van der Waals surface area contributed by atoms with Crippen molar-refractivity contribution in [3.63, 3.8) is 0 Å². The number of nitrogens with one attached hydrogen (secondary N) is 1. The lowest BCUT2D eigenvalue weighted by Gasteiger charge is -2.17. The van der Waals surface area contributed by atoms with Crippen LogP contribution >= 0.6 is 11.6 Å². The Morgan fingerprint density at radius 3 is 2.86 bits per heavy atom. The number of carbonyl (C=O) groups excluding carboxylic acids is 1. The van der Waals surface area contributed by atoms with Crippen LogP contribution in [0.15, 0.2) is 36.4 Å². The zero-order valence-corrected chi connectivity index (χ0v) is 12.6. The van der Waals surface area contributed by atoms with Gasteiger partial charge in [-0.15, -0.1) is 11.6 Å². The molecule has 2 aromatic rings. The van der Waals surface area contributed by atoms with Gasteiger partial charge in [0.05, 0.1) is 5.52 Å². The zero-order valence-electron chi connectivity index (χ0n) is 11.9. The van der Waals surface area contributed by atoms with Crippen LogP contribution in [0, 0.1) is 11.8 Å². The van der Waals surface area contributed by atoms with Gasteiger partial charge in [0.15, 0.2) is 0 Å². The largest absolute Gasteiger partial charge is 0.350 e. The minimum absolute atomic E-state index is 0.0963. The van der Waals surface area contributed by atoms with Crippen LogP contribution in [-0.4, -0.2) is 23.3 Å². The second-order valence-electron chi connectivity index (χ2n) is 5.70. The molecule has 1 fully saturated rings. The lowest BCUT2D eigenvalue weighted by atomic mass is 9.98. The minimum atomic E-state index is -0.0963. The first-order valence-electron chi connectivity index (χ1n) is 7.48. The minimum Gasteiger partial charge on any atom is -0.350 e. The van der Waals surface area contributed by atoms with Crippen LogP contribution in [0.3, 0.4) is 0 Å². The Morgan fingerprint density at radius 2 is 2.00 bits per heavy atom. The number of hydrogen-bond acceptors (Lipinski definition) is 2. The molecule has 0 aliphatic heterocycles. The summed E-state index contributed by atoms with van der Waals surface area (Å²) in [6.45, 7) is 0.699. The number of carbonyl (C=O) groups is 1. The predicted octanol–water partition coefficient (Wildman–Crippen LogP) is 3.62. The van der Waals surface area contributed by atoms with Crippen molar-refractivity contribution in [2.45, 2.75) is 19.3 Å². The van der Waals surface area contributed by atoms with Crippen molar-refractivity contribution in [2.24, 2.45) is 11.8 Å². The van der Waals surface area contributed by atoms with Crippen LogP contribution in [-0.2, 0) is 0 Å². The van der Waals surface area contributed by atoms with E-state index in [0.717, 1.165) is 17.3 Å². The molecule has 1 aliphatic rings. The average molecular weight is 303 g/mol. The molecule has 0 radical (unpaired) electrons. The van der Waals surface area contributed by atoms with Gasteiger partial charge in [0.2, 0.25) is 0 Å². The van der Waals surface area contributed by atoms with E-state index < -0.39 is 0 Å². The number of nitrogens with zero attached hydrogens (tertiary/aromatic N) is 1. The standard InChI is InChI=1S/C17H19ClN2O/c18-10-13-5-3-6-14(13)11-19-17(21)16-9-8-12-4-1-2-7-15(12)20-16/h1-2,4,7-9,13-14H,3,5-6,10-11H2,(H,19,21). The van der Waals surface area contributed by atoms with Crippen LogP contribution in [0.1, 0.15) is 29.8 Å². The number of benzene rings is 1. The van der Waals surface area contributed by atoms with E-state index in [1.54, 1.807) is 6.07 Å². The molecule has 1 aromatic carbocycles. The topological polar surface area (TPSA) is 42.0 Å². The molecule has 4 heteroatoms. The fraction of sp³-hybridized carbons (Fsp3) is 0.412. The van der Waals surface area contributed by atoms with E-state index >= 15 is 0 Å². The Bertz CT molecular complexity index is 643. The van der Waals surface area contributed by atoms with E-state index in [1.165, 1.54) is 12.8 Å². The number of para-hydroxylation sites is 1. The van der Waals surface area contributed by atoms with Gasteiger partial charge in [-0.25, -0.2) is 4.98 Å². The number of fused-ring (bicyclic) bond motifs is 1. The summed E-state index contributed by atoms with van der Waals surface area (Å²) in [5, 5.41) is 4.06. The highest BCUT2D eigenvalue weighted by Crippen LogP contribution is 2.31. The molecular formula is C17H19ClN2O. The molecule has 0 saturated heterocycles. The van der Waals surface area contributed by atoms with Gasteiger partial charge in [0.1, 0.15) is 5.69 Å². The van der Waals surface area contributed by atoms with Crippen LogP contribution in [0.5, 0.6) is 0 Å². The van der Waals surface area contributed by atoms with Crippen molar-refractivity contribution in [1.82, 2.24) is 10.3 Å². The Hall–Kier alpha value is -1.61. The molecule has 3 rings (SSSR count). The van der Waals surface area contributed by atoms with Gasteiger partial charge in [0.25, 0.3) is 5.91 Å². The third-order valence-corrected chi connectivity index (χ3v) is 4.77. The Kier molecular flexibility index (Phi) is 4.39. The number of pyridine rings is 1. The highest BCUT2D eigenvalue weighted by atomic mass is 35.5. The Morgan fingerprint density at radius 1 is 1.19 bits per heavy atom. The van der Waals surface area contributed by atoms with Gasteiger partial charge >= 0.3 is 0 Å². The van der Waals surface area contributed by atoms with E-state index in [1.807, 2.05) is 30.3 Å². The third-order valence-electron chi connectivity index (χ3n) is 4.37. The third kappa shape index (κ3) is 3.18. The Labute approximate surface area is 129 Å². The molecule has 1 amide bonds. The molecule has 3 nitrogen and oxygen atoms in total.